The van der Waals surface area contributed by atoms with Gasteiger partial charge in [-0.05, 0) is 48.6 Å². The molecule has 0 fully saturated rings. The summed E-state index contributed by atoms with van der Waals surface area (Å²) in [6.07, 6.45) is 9.22. The van der Waals surface area contributed by atoms with Crippen LogP contribution in [0.3, 0.4) is 0 Å². The van der Waals surface area contributed by atoms with Gasteiger partial charge in [0.2, 0.25) is 0 Å². The molecule has 0 saturated heterocycles. The average molecular weight is 555 g/mol. The molecule has 0 spiro atoms. The minimum atomic E-state index is -1.32. The number of unbranched alkanes of at least 4 members (excludes halogenated alkanes) is 5. The molecule has 39 heavy (non-hydrogen) atoms. The van der Waals surface area contributed by atoms with E-state index < -0.39 is 8.07 Å². The highest BCUT2D eigenvalue weighted by Crippen LogP contribution is 2.35. The van der Waals surface area contributed by atoms with E-state index in [9.17, 15) is 0 Å². The molecule has 218 valence electrons. The van der Waals surface area contributed by atoms with Crippen LogP contribution < -0.4 is 4.74 Å². The second-order valence-corrected chi connectivity index (χ2v) is 17.3. The lowest BCUT2D eigenvalue weighted by Gasteiger charge is -2.31. The molecule has 0 amide bonds. The monoisotopic (exact) mass is 554 g/mol. The van der Waals surface area contributed by atoms with Crippen LogP contribution in [-0.4, -0.2) is 47.9 Å². The van der Waals surface area contributed by atoms with Crippen LogP contribution in [0.5, 0.6) is 5.75 Å². The first-order valence-electron chi connectivity index (χ1n) is 14.9. The molecule has 0 aliphatic carbocycles. The molecular formula is C34H54O4Si. The maximum Gasteiger partial charge on any atom is 0.147 e. The Balaban J connectivity index is 2.28. The SMILES string of the molecule is C=C(C[Si](C)(C)C)C(CCC(OCCCCCCCC)C(c1ccccc1)c1ccc(OC)cc1)OCOC. The average Bonchev–Trinajstić information content (AvgIpc) is 2.92. The quantitative estimate of drug-likeness (QED) is 0.0667. The smallest absolute Gasteiger partial charge is 0.147 e. The summed E-state index contributed by atoms with van der Waals surface area (Å²) in [6.45, 7) is 14.9. The molecule has 5 heteroatoms. The normalized spacial score (nSPS) is 14.1. The third-order valence-corrected chi connectivity index (χ3v) is 8.66. The molecule has 0 saturated carbocycles. The van der Waals surface area contributed by atoms with Gasteiger partial charge in [0.05, 0.1) is 19.3 Å². The van der Waals surface area contributed by atoms with Crippen molar-refractivity contribution in [3.63, 3.8) is 0 Å². The Bertz CT molecular complexity index is 907. The molecule has 3 atom stereocenters. The van der Waals surface area contributed by atoms with Gasteiger partial charge in [-0.15, -0.1) is 0 Å². The number of benzene rings is 2. The van der Waals surface area contributed by atoms with Crippen LogP contribution in [0.2, 0.25) is 25.7 Å². The highest BCUT2D eigenvalue weighted by atomic mass is 28.3. The largest absolute Gasteiger partial charge is 0.497 e. The van der Waals surface area contributed by atoms with E-state index in [1.807, 2.05) is 0 Å². The van der Waals surface area contributed by atoms with Crippen molar-refractivity contribution in [1.29, 1.82) is 0 Å². The van der Waals surface area contributed by atoms with E-state index >= 15 is 0 Å². The van der Waals surface area contributed by atoms with Gasteiger partial charge in [-0.3, -0.25) is 0 Å². The van der Waals surface area contributed by atoms with E-state index in [4.69, 9.17) is 18.9 Å². The predicted molar refractivity (Wildman–Crippen MR) is 168 cm³/mol. The first kappa shape index (κ1) is 33.3. The predicted octanol–water partition coefficient (Wildman–Crippen LogP) is 9.24. The van der Waals surface area contributed by atoms with Crippen molar-refractivity contribution < 1.29 is 18.9 Å². The summed E-state index contributed by atoms with van der Waals surface area (Å²) < 4.78 is 23.7. The molecule has 0 heterocycles. The van der Waals surface area contributed by atoms with Gasteiger partial charge in [-0.1, -0.05) is 113 Å². The molecule has 2 aromatic rings. The highest BCUT2D eigenvalue weighted by Gasteiger charge is 2.28. The maximum absolute atomic E-state index is 6.77. The zero-order chi connectivity index (χ0) is 28.5. The Kier molecular flexibility index (Phi) is 15.7. The lowest BCUT2D eigenvalue weighted by molar-refractivity contribution is -0.0667. The van der Waals surface area contributed by atoms with E-state index in [2.05, 4.69) is 87.7 Å². The fourth-order valence-electron chi connectivity index (χ4n) is 5.22. The minimum absolute atomic E-state index is 0.0183. The number of ether oxygens (including phenoxy) is 4. The molecule has 0 radical (unpaired) electrons. The Morgan fingerprint density at radius 1 is 0.795 bits per heavy atom. The van der Waals surface area contributed by atoms with Crippen molar-refractivity contribution >= 4 is 8.07 Å². The van der Waals surface area contributed by atoms with Crippen molar-refractivity contribution in [2.24, 2.45) is 0 Å². The van der Waals surface area contributed by atoms with Crippen molar-refractivity contribution in [3.8, 4) is 5.75 Å². The van der Waals surface area contributed by atoms with Gasteiger partial charge >= 0.3 is 0 Å². The van der Waals surface area contributed by atoms with Crippen molar-refractivity contribution in [2.75, 3.05) is 27.6 Å². The van der Waals surface area contributed by atoms with Gasteiger partial charge in [0.1, 0.15) is 12.5 Å². The molecule has 0 aliphatic heterocycles. The van der Waals surface area contributed by atoms with Gasteiger partial charge in [-0.2, -0.15) is 0 Å². The van der Waals surface area contributed by atoms with E-state index in [0.717, 1.165) is 37.7 Å². The van der Waals surface area contributed by atoms with Crippen LogP contribution in [0.4, 0.5) is 0 Å². The summed E-state index contributed by atoms with van der Waals surface area (Å²) >= 11 is 0. The van der Waals surface area contributed by atoms with Crippen molar-refractivity contribution in [1.82, 2.24) is 0 Å². The Hall–Kier alpha value is -1.92. The van der Waals surface area contributed by atoms with E-state index in [0.29, 0.717) is 0 Å². The Morgan fingerprint density at radius 3 is 2.05 bits per heavy atom. The fourth-order valence-corrected chi connectivity index (χ4v) is 6.81. The van der Waals surface area contributed by atoms with E-state index in [1.165, 1.54) is 48.8 Å². The lowest BCUT2D eigenvalue weighted by atomic mass is 9.84. The summed E-state index contributed by atoms with van der Waals surface area (Å²) in [6, 6.07) is 20.3. The first-order valence-corrected chi connectivity index (χ1v) is 18.6. The molecule has 0 N–H and O–H groups in total. The number of rotatable bonds is 21. The molecule has 4 nitrogen and oxygen atoms in total. The summed E-state index contributed by atoms with van der Waals surface area (Å²) in [7, 11) is 2.07. The fraction of sp³-hybridized carbons (Fsp3) is 0.588. The van der Waals surface area contributed by atoms with Crippen LogP contribution in [0.25, 0.3) is 0 Å². The number of hydrogen-bond acceptors (Lipinski definition) is 4. The molecule has 0 aliphatic rings. The van der Waals surface area contributed by atoms with Crippen LogP contribution in [0.1, 0.15) is 75.3 Å². The molecule has 2 rings (SSSR count). The standard InChI is InChI=1S/C34H54O4Si/c1-8-9-10-11-12-16-25-37-33(24-23-32(38-27-35-3)28(2)26-39(5,6)7)34(29-17-14-13-15-18-29)30-19-21-31(36-4)22-20-30/h13-15,17-22,32-34H,2,8-12,16,23-27H2,1,3-7H3. The third-order valence-electron chi connectivity index (χ3n) is 7.15. The highest BCUT2D eigenvalue weighted by molar-refractivity contribution is 6.76. The summed E-state index contributed by atoms with van der Waals surface area (Å²) in [5.41, 5.74) is 3.69. The van der Waals surface area contributed by atoms with Crippen molar-refractivity contribution in [2.45, 2.75) is 102 Å². The van der Waals surface area contributed by atoms with Gasteiger partial charge in [0.15, 0.2) is 0 Å². The summed E-state index contributed by atoms with van der Waals surface area (Å²) in [5, 5.41) is 0. The minimum Gasteiger partial charge on any atom is -0.497 e. The summed E-state index contributed by atoms with van der Waals surface area (Å²) in [4.78, 5) is 0. The summed E-state index contributed by atoms with van der Waals surface area (Å²) in [5.74, 6) is 0.983. The van der Waals surface area contributed by atoms with Gasteiger partial charge in [0, 0.05) is 27.7 Å². The van der Waals surface area contributed by atoms with Gasteiger partial charge in [-0.25, -0.2) is 0 Å². The van der Waals surface area contributed by atoms with E-state index in [-0.39, 0.29) is 24.9 Å². The zero-order valence-electron chi connectivity index (χ0n) is 25.5. The molecular weight excluding hydrogens is 500 g/mol. The van der Waals surface area contributed by atoms with Crippen LogP contribution in [0, 0.1) is 0 Å². The first-order chi connectivity index (χ1) is 18.8. The maximum atomic E-state index is 6.77. The second kappa shape index (κ2) is 18.4. The van der Waals surface area contributed by atoms with Crippen LogP contribution in [0.15, 0.2) is 66.7 Å². The van der Waals surface area contributed by atoms with Crippen LogP contribution in [-0.2, 0) is 14.2 Å². The van der Waals surface area contributed by atoms with Gasteiger partial charge < -0.3 is 18.9 Å². The number of hydrogen-bond donors (Lipinski definition) is 0. The Labute approximate surface area is 240 Å². The molecule has 3 unspecified atom stereocenters. The second-order valence-electron chi connectivity index (χ2n) is 11.9. The molecule has 2 aromatic carbocycles. The van der Waals surface area contributed by atoms with Crippen molar-refractivity contribution in [3.05, 3.63) is 77.9 Å². The topological polar surface area (TPSA) is 36.9 Å². The van der Waals surface area contributed by atoms with Crippen LogP contribution >= 0.6 is 0 Å². The van der Waals surface area contributed by atoms with Gasteiger partial charge in [0.25, 0.3) is 0 Å². The number of methoxy groups -OCH3 is 2. The third kappa shape index (κ3) is 12.9. The molecule has 0 aromatic heterocycles. The van der Waals surface area contributed by atoms with E-state index in [1.54, 1.807) is 14.2 Å². The lowest BCUT2D eigenvalue weighted by Crippen LogP contribution is -2.29. The molecule has 0 bridgehead atoms. The zero-order valence-corrected chi connectivity index (χ0v) is 26.5. The Morgan fingerprint density at radius 2 is 1.44 bits per heavy atom.